The number of fused-ring (bicyclic) bond motifs is 1. The van der Waals surface area contributed by atoms with E-state index in [-0.39, 0.29) is 22.9 Å². The molecule has 0 bridgehead atoms. The molecule has 37 heavy (non-hydrogen) atoms. The summed E-state index contributed by atoms with van der Waals surface area (Å²) < 4.78 is 34.3. The van der Waals surface area contributed by atoms with Gasteiger partial charge in [-0.25, -0.2) is 4.39 Å². The first kappa shape index (κ1) is 29.9. The number of carbonyl (C=O) groups is 1. The van der Waals surface area contributed by atoms with Gasteiger partial charge in [0, 0.05) is 23.1 Å². The second kappa shape index (κ2) is 15.0. The van der Waals surface area contributed by atoms with E-state index < -0.39 is 0 Å². The average molecular weight is 515 g/mol. The predicted octanol–water partition coefficient (Wildman–Crippen LogP) is 7.39. The average Bonchev–Trinajstić information content (AvgIpc) is 2.92. The fourth-order valence-electron chi connectivity index (χ4n) is 4.26. The number of rotatable bonds is 12. The van der Waals surface area contributed by atoms with Crippen molar-refractivity contribution >= 4 is 16.8 Å². The topological polar surface area (TPSA) is 75.0 Å². The van der Waals surface area contributed by atoms with Gasteiger partial charge in [-0.05, 0) is 49.9 Å². The minimum atomic E-state index is -0.293. The Balaban J connectivity index is 0.000000271. The van der Waals surface area contributed by atoms with Gasteiger partial charge in [0.05, 0.1) is 27.6 Å². The van der Waals surface area contributed by atoms with Crippen LogP contribution < -0.4 is 19.6 Å². The van der Waals surface area contributed by atoms with Crippen LogP contribution in [0.1, 0.15) is 75.2 Å². The van der Waals surface area contributed by atoms with Crippen molar-refractivity contribution in [1.29, 1.82) is 0 Å². The van der Waals surface area contributed by atoms with E-state index in [4.69, 9.17) is 18.6 Å². The van der Waals surface area contributed by atoms with Gasteiger partial charge in [-0.2, -0.15) is 0 Å². The van der Waals surface area contributed by atoms with Gasteiger partial charge in [0.25, 0.3) is 0 Å². The summed E-state index contributed by atoms with van der Waals surface area (Å²) in [6, 6.07) is 7.50. The van der Waals surface area contributed by atoms with Crippen molar-refractivity contribution < 1.29 is 27.8 Å². The number of ether oxygens (including phenoxy) is 3. The number of ketones is 1. The zero-order chi connectivity index (χ0) is 27.4. The van der Waals surface area contributed by atoms with Gasteiger partial charge in [-0.1, -0.05) is 40.0 Å². The quantitative estimate of drug-likeness (QED) is 0.235. The molecule has 2 aromatic carbocycles. The Labute approximate surface area is 218 Å². The zero-order valence-electron chi connectivity index (χ0n) is 22.8. The summed E-state index contributed by atoms with van der Waals surface area (Å²) in [5.74, 6) is 1.25. The fraction of sp³-hybridized carbons (Fsp3) is 0.467. The maximum absolute atomic E-state index is 12.7. The Hall–Kier alpha value is -3.35. The van der Waals surface area contributed by atoms with Crippen LogP contribution in [0, 0.1) is 11.7 Å². The van der Waals surface area contributed by atoms with E-state index in [0.29, 0.717) is 45.8 Å². The Morgan fingerprint density at radius 3 is 2.05 bits per heavy atom. The third kappa shape index (κ3) is 7.57. The van der Waals surface area contributed by atoms with Gasteiger partial charge in [0.15, 0.2) is 22.5 Å². The number of methoxy groups -OCH3 is 3. The van der Waals surface area contributed by atoms with Crippen molar-refractivity contribution in [3.8, 4) is 17.2 Å². The maximum atomic E-state index is 12.7. The molecule has 0 aliphatic rings. The fourth-order valence-corrected chi connectivity index (χ4v) is 4.26. The normalized spacial score (nSPS) is 10.7. The van der Waals surface area contributed by atoms with Gasteiger partial charge in [-0.3, -0.25) is 9.59 Å². The standard InChI is InChI=1S/C16H20O5.C14H19FO/c1-5-6-7-10-9-21-16-13(14(10)17)11(18-2)8-12(19-3)15(16)20-4;1-3-5-11(6-4-2)14(16)12-7-9-13(15)10-8-12/h8-9H,5-7H2,1-4H3;7-11H,3-6H2,1-2H3. The highest BCUT2D eigenvalue weighted by Crippen LogP contribution is 2.40. The van der Waals surface area contributed by atoms with E-state index in [0.717, 1.165) is 38.5 Å². The molecule has 0 spiro atoms. The summed E-state index contributed by atoms with van der Waals surface area (Å²) in [5, 5.41) is 0.392. The molecule has 1 aromatic heterocycles. The van der Waals surface area contributed by atoms with Gasteiger partial charge in [-0.15, -0.1) is 0 Å². The van der Waals surface area contributed by atoms with Crippen molar-refractivity contribution in [3.63, 3.8) is 0 Å². The molecule has 0 atom stereocenters. The van der Waals surface area contributed by atoms with Crippen LogP contribution in [0.15, 0.2) is 45.8 Å². The summed E-state index contributed by atoms with van der Waals surface area (Å²) in [7, 11) is 4.55. The van der Waals surface area contributed by atoms with Crippen molar-refractivity contribution in [2.45, 2.75) is 65.7 Å². The number of halogens is 1. The van der Waals surface area contributed by atoms with Crippen LogP contribution in [-0.2, 0) is 6.42 Å². The van der Waals surface area contributed by atoms with E-state index in [1.54, 1.807) is 18.2 Å². The molecule has 0 saturated carbocycles. The number of unbranched alkanes of at least 4 members (excludes halogenated alkanes) is 1. The van der Waals surface area contributed by atoms with Crippen LogP contribution in [0.2, 0.25) is 0 Å². The first-order chi connectivity index (χ1) is 17.9. The summed E-state index contributed by atoms with van der Waals surface area (Å²) >= 11 is 0. The second-order valence-corrected chi connectivity index (χ2v) is 8.86. The number of hydrogen-bond acceptors (Lipinski definition) is 6. The van der Waals surface area contributed by atoms with Crippen LogP contribution in [0.5, 0.6) is 17.2 Å². The molecule has 1 heterocycles. The molecule has 6 nitrogen and oxygen atoms in total. The molecule has 202 valence electrons. The van der Waals surface area contributed by atoms with E-state index in [1.807, 2.05) is 0 Å². The SMILES string of the molecule is CCCC(CCC)C(=O)c1ccc(F)cc1.CCCCc1coc2c(OC)c(OC)cc(OC)c2c1=O. The summed E-state index contributed by atoms with van der Waals surface area (Å²) in [4.78, 5) is 24.8. The Bertz CT molecular complexity index is 1190. The molecular weight excluding hydrogens is 475 g/mol. The van der Waals surface area contributed by atoms with Crippen LogP contribution in [0.25, 0.3) is 11.0 Å². The molecule has 0 amide bonds. The van der Waals surface area contributed by atoms with Crippen molar-refractivity contribution in [2.75, 3.05) is 21.3 Å². The Morgan fingerprint density at radius 1 is 0.919 bits per heavy atom. The molecule has 0 fully saturated rings. The highest BCUT2D eigenvalue weighted by Gasteiger charge is 2.20. The second-order valence-electron chi connectivity index (χ2n) is 8.86. The van der Waals surface area contributed by atoms with Gasteiger partial charge in [0.2, 0.25) is 5.75 Å². The molecule has 0 unspecified atom stereocenters. The third-order valence-corrected chi connectivity index (χ3v) is 6.22. The lowest BCUT2D eigenvalue weighted by Crippen LogP contribution is -2.14. The molecule has 7 heteroatoms. The van der Waals surface area contributed by atoms with E-state index in [2.05, 4.69) is 20.8 Å². The first-order valence-corrected chi connectivity index (χ1v) is 12.9. The molecule has 0 saturated heterocycles. The molecular formula is C30H39FO6. The Morgan fingerprint density at radius 2 is 1.54 bits per heavy atom. The molecule has 0 aliphatic heterocycles. The summed E-state index contributed by atoms with van der Waals surface area (Å²) in [6.45, 7) is 6.25. The van der Waals surface area contributed by atoms with Crippen LogP contribution >= 0.6 is 0 Å². The largest absolute Gasteiger partial charge is 0.496 e. The van der Waals surface area contributed by atoms with Gasteiger partial charge < -0.3 is 18.6 Å². The number of benzene rings is 2. The number of Topliss-reactive ketones (excluding diaryl/α,β-unsaturated/α-hetero) is 1. The molecule has 3 aromatic rings. The van der Waals surface area contributed by atoms with Crippen LogP contribution in [-0.4, -0.2) is 27.1 Å². The monoisotopic (exact) mass is 514 g/mol. The minimum Gasteiger partial charge on any atom is -0.496 e. The van der Waals surface area contributed by atoms with Gasteiger partial charge >= 0.3 is 0 Å². The number of aryl methyl sites for hydroxylation is 1. The van der Waals surface area contributed by atoms with Crippen LogP contribution in [0.3, 0.4) is 0 Å². The number of hydrogen-bond donors (Lipinski definition) is 0. The summed E-state index contributed by atoms with van der Waals surface area (Å²) in [5.41, 5.74) is 1.55. The lowest BCUT2D eigenvalue weighted by Gasteiger charge is -2.13. The smallest absolute Gasteiger partial charge is 0.204 e. The van der Waals surface area contributed by atoms with Gasteiger partial charge in [0.1, 0.15) is 17.0 Å². The molecule has 0 N–H and O–H groups in total. The minimum absolute atomic E-state index is 0.0810. The molecule has 0 radical (unpaired) electrons. The van der Waals surface area contributed by atoms with E-state index >= 15 is 0 Å². The highest BCUT2D eigenvalue weighted by atomic mass is 19.1. The van der Waals surface area contributed by atoms with E-state index in [1.165, 1.54) is 39.7 Å². The van der Waals surface area contributed by atoms with E-state index in [9.17, 15) is 14.0 Å². The summed E-state index contributed by atoms with van der Waals surface area (Å²) in [6.07, 6.45) is 8.00. The van der Waals surface area contributed by atoms with Crippen molar-refractivity contribution in [1.82, 2.24) is 0 Å². The Kier molecular flexibility index (Phi) is 12.1. The molecule has 0 aliphatic carbocycles. The number of carbonyl (C=O) groups excluding carboxylic acids is 1. The maximum Gasteiger partial charge on any atom is 0.204 e. The predicted molar refractivity (Wildman–Crippen MR) is 145 cm³/mol. The first-order valence-electron chi connectivity index (χ1n) is 12.9. The van der Waals surface area contributed by atoms with Crippen molar-refractivity contribution in [2.24, 2.45) is 5.92 Å². The molecule has 3 rings (SSSR count). The lowest BCUT2D eigenvalue weighted by atomic mass is 9.90. The zero-order valence-corrected chi connectivity index (χ0v) is 22.8. The highest BCUT2D eigenvalue weighted by molar-refractivity contribution is 5.97. The third-order valence-electron chi connectivity index (χ3n) is 6.22. The van der Waals surface area contributed by atoms with Crippen molar-refractivity contribution in [3.05, 3.63) is 63.8 Å². The lowest BCUT2D eigenvalue weighted by molar-refractivity contribution is 0.0905. The van der Waals surface area contributed by atoms with Crippen LogP contribution in [0.4, 0.5) is 4.39 Å².